The number of pyridine rings is 1. The summed E-state index contributed by atoms with van der Waals surface area (Å²) in [6, 6.07) is 1.78. The molecule has 110 valence electrons. The van der Waals surface area contributed by atoms with Crippen LogP contribution < -0.4 is 5.32 Å². The maximum absolute atomic E-state index is 12.7. The standard InChI is InChI=1S/C13H14F4N2O/c14-11-5-4-8(7-18-11)12(20)19-10-3-1-2-9(6-10)13(15,16)17/h4-5,7,9-10H,1-3,6H2,(H,19,20). The summed E-state index contributed by atoms with van der Waals surface area (Å²) in [7, 11) is 0. The largest absolute Gasteiger partial charge is 0.391 e. The Morgan fingerprint density at radius 3 is 2.65 bits per heavy atom. The summed E-state index contributed by atoms with van der Waals surface area (Å²) < 4.78 is 50.6. The number of carbonyl (C=O) groups is 1. The molecule has 1 aliphatic carbocycles. The van der Waals surface area contributed by atoms with Crippen LogP contribution in [-0.4, -0.2) is 23.1 Å². The van der Waals surface area contributed by atoms with Gasteiger partial charge in [-0.1, -0.05) is 6.42 Å². The highest BCUT2D eigenvalue weighted by atomic mass is 19.4. The predicted octanol–water partition coefficient (Wildman–Crippen LogP) is 3.07. The second-order valence-corrected chi connectivity index (χ2v) is 4.95. The number of nitrogens with zero attached hydrogens (tertiary/aromatic N) is 1. The molecule has 0 bridgehead atoms. The molecule has 2 atom stereocenters. The Labute approximate surface area is 113 Å². The minimum atomic E-state index is -4.22. The molecule has 1 aromatic rings. The summed E-state index contributed by atoms with van der Waals surface area (Å²) in [5, 5.41) is 2.56. The molecule has 1 N–H and O–H groups in total. The van der Waals surface area contributed by atoms with Gasteiger partial charge in [0.1, 0.15) is 0 Å². The number of aromatic nitrogens is 1. The predicted molar refractivity (Wildman–Crippen MR) is 63.5 cm³/mol. The summed E-state index contributed by atoms with van der Waals surface area (Å²) in [4.78, 5) is 15.2. The molecule has 1 saturated carbocycles. The number of amides is 1. The number of hydrogen-bond acceptors (Lipinski definition) is 2. The first kappa shape index (κ1) is 14.7. The van der Waals surface area contributed by atoms with E-state index in [1.807, 2.05) is 0 Å². The second kappa shape index (κ2) is 5.76. The normalized spacial score (nSPS) is 23.4. The van der Waals surface area contributed by atoms with Gasteiger partial charge in [0.15, 0.2) is 0 Å². The monoisotopic (exact) mass is 290 g/mol. The first-order valence-electron chi connectivity index (χ1n) is 6.35. The second-order valence-electron chi connectivity index (χ2n) is 4.95. The van der Waals surface area contributed by atoms with Gasteiger partial charge in [0.2, 0.25) is 5.95 Å². The van der Waals surface area contributed by atoms with Crippen LogP contribution in [0.2, 0.25) is 0 Å². The number of rotatable bonds is 2. The van der Waals surface area contributed by atoms with Gasteiger partial charge in [-0.15, -0.1) is 0 Å². The zero-order valence-corrected chi connectivity index (χ0v) is 10.6. The molecule has 0 aliphatic heterocycles. The van der Waals surface area contributed by atoms with E-state index in [9.17, 15) is 22.4 Å². The highest BCUT2D eigenvalue weighted by Gasteiger charge is 2.42. The lowest BCUT2D eigenvalue weighted by atomic mass is 9.85. The summed E-state index contributed by atoms with van der Waals surface area (Å²) >= 11 is 0. The van der Waals surface area contributed by atoms with Crippen molar-refractivity contribution in [2.45, 2.75) is 37.9 Å². The first-order chi connectivity index (χ1) is 9.36. The molecule has 1 aromatic heterocycles. The third-order valence-corrected chi connectivity index (χ3v) is 3.46. The van der Waals surface area contributed by atoms with Gasteiger partial charge in [-0.3, -0.25) is 4.79 Å². The third kappa shape index (κ3) is 3.68. The summed E-state index contributed by atoms with van der Waals surface area (Å²) in [6.45, 7) is 0. The highest BCUT2D eigenvalue weighted by Crippen LogP contribution is 2.37. The van der Waals surface area contributed by atoms with Gasteiger partial charge >= 0.3 is 6.18 Å². The molecule has 0 radical (unpaired) electrons. The van der Waals surface area contributed by atoms with Crippen LogP contribution in [-0.2, 0) is 0 Å². The zero-order chi connectivity index (χ0) is 14.8. The molecule has 0 saturated heterocycles. The van der Waals surface area contributed by atoms with Crippen LogP contribution in [0.3, 0.4) is 0 Å². The van der Waals surface area contributed by atoms with E-state index < -0.39 is 30.0 Å². The summed E-state index contributed by atoms with van der Waals surface area (Å²) in [6.07, 6.45) is -2.21. The van der Waals surface area contributed by atoms with E-state index in [4.69, 9.17) is 0 Å². The van der Waals surface area contributed by atoms with Crippen LogP contribution in [0.4, 0.5) is 17.6 Å². The van der Waals surface area contributed by atoms with Crippen LogP contribution in [0, 0.1) is 11.9 Å². The maximum Gasteiger partial charge on any atom is 0.391 e. The number of nitrogens with one attached hydrogen (secondary N) is 1. The van der Waals surface area contributed by atoms with Crippen molar-refractivity contribution in [2.75, 3.05) is 0 Å². The molecule has 7 heteroatoms. The van der Waals surface area contributed by atoms with Crippen molar-refractivity contribution in [1.82, 2.24) is 10.3 Å². The zero-order valence-electron chi connectivity index (χ0n) is 10.6. The van der Waals surface area contributed by atoms with Gasteiger partial charge in [-0.2, -0.15) is 17.6 Å². The van der Waals surface area contributed by atoms with Crippen LogP contribution in [0.5, 0.6) is 0 Å². The van der Waals surface area contributed by atoms with E-state index in [1.165, 1.54) is 6.07 Å². The van der Waals surface area contributed by atoms with Crippen molar-refractivity contribution in [3.05, 3.63) is 29.8 Å². The topological polar surface area (TPSA) is 42.0 Å². The fourth-order valence-electron chi connectivity index (χ4n) is 2.40. The van der Waals surface area contributed by atoms with Crippen LogP contribution in [0.15, 0.2) is 18.3 Å². The van der Waals surface area contributed by atoms with E-state index >= 15 is 0 Å². The molecular weight excluding hydrogens is 276 g/mol. The van der Waals surface area contributed by atoms with Crippen LogP contribution in [0.1, 0.15) is 36.0 Å². The van der Waals surface area contributed by atoms with Crippen molar-refractivity contribution < 1.29 is 22.4 Å². The van der Waals surface area contributed by atoms with E-state index in [-0.39, 0.29) is 18.4 Å². The van der Waals surface area contributed by atoms with Gasteiger partial charge in [0.25, 0.3) is 5.91 Å². The lowest BCUT2D eigenvalue weighted by Crippen LogP contribution is -2.41. The Morgan fingerprint density at radius 1 is 1.30 bits per heavy atom. The fourth-order valence-corrected chi connectivity index (χ4v) is 2.40. The number of alkyl halides is 3. The molecular formula is C13H14F4N2O. The van der Waals surface area contributed by atoms with Gasteiger partial charge in [-0.05, 0) is 31.4 Å². The molecule has 20 heavy (non-hydrogen) atoms. The average Bonchev–Trinajstić information content (AvgIpc) is 2.38. The smallest absolute Gasteiger partial charge is 0.349 e. The van der Waals surface area contributed by atoms with Crippen molar-refractivity contribution in [3.8, 4) is 0 Å². The maximum atomic E-state index is 12.7. The SMILES string of the molecule is O=C(NC1CCCC(C(F)(F)F)C1)c1ccc(F)nc1. The third-order valence-electron chi connectivity index (χ3n) is 3.46. The Bertz CT molecular complexity index is 472. The minimum Gasteiger partial charge on any atom is -0.349 e. The van der Waals surface area contributed by atoms with E-state index in [0.29, 0.717) is 12.8 Å². The Hall–Kier alpha value is -1.66. The first-order valence-corrected chi connectivity index (χ1v) is 6.35. The van der Waals surface area contributed by atoms with Crippen molar-refractivity contribution in [1.29, 1.82) is 0 Å². The molecule has 2 rings (SSSR count). The number of carbonyl (C=O) groups excluding carboxylic acids is 1. The van der Waals surface area contributed by atoms with E-state index in [2.05, 4.69) is 10.3 Å². The van der Waals surface area contributed by atoms with Gasteiger partial charge in [0.05, 0.1) is 11.5 Å². The number of halogens is 4. The molecule has 1 aliphatic rings. The molecule has 1 fully saturated rings. The average molecular weight is 290 g/mol. The summed E-state index contributed by atoms with van der Waals surface area (Å²) in [5.74, 6) is -2.60. The van der Waals surface area contributed by atoms with Crippen molar-refractivity contribution in [3.63, 3.8) is 0 Å². The molecule has 1 amide bonds. The fraction of sp³-hybridized carbons (Fsp3) is 0.538. The highest BCUT2D eigenvalue weighted by molar-refractivity contribution is 5.94. The van der Waals surface area contributed by atoms with Gasteiger partial charge in [0, 0.05) is 12.2 Å². The lowest BCUT2D eigenvalue weighted by molar-refractivity contribution is -0.183. The van der Waals surface area contributed by atoms with Crippen molar-refractivity contribution in [2.24, 2.45) is 5.92 Å². The molecule has 1 heterocycles. The Balaban J connectivity index is 1.96. The Kier molecular flexibility index (Phi) is 4.25. The van der Waals surface area contributed by atoms with Crippen LogP contribution >= 0.6 is 0 Å². The van der Waals surface area contributed by atoms with Gasteiger partial charge in [-0.25, -0.2) is 4.98 Å². The quantitative estimate of drug-likeness (QED) is 0.672. The van der Waals surface area contributed by atoms with E-state index in [1.54, 1.807) is 0 Å². The summed E-state index contributed by atoms with van der Waals surface area (Å²) in [5.41, 5.74) is 0.139. The van der Waals surface area contributed by atoms with Crippen LogP contribution in [0.25, 0.3) is 0 Å². The van der Waals surface area contributed by atoms with Gasteiger partial charge < -0.3 is 5.32 Å². The Morgan fingerprint density at radius 2 is 2.05 bits per heavy atom. The lowest BCUT2D eigenvalue weighted by Gasteiger charge is -2.31. The molecule has 2 unspecified atom stereocenters. The molecule has 0 spiro atoms. The van der Waals surface area contributed by atoms with E-state index in [0.717, 1.165) is 12.3 Å². The van der Waals surface area contributed by atoms with Crippen molar-refractivity contribution >= 4 is 5.91 Å². The minimum absolute atomic E-state index is 0.105. The number of hydrogen-bond donors (Lipinski definition) is 1. The molecule has 0 aromatic carbocycles. The molecule has 3 nitrogen and oxygen atoms in total.